The van der Waals surface area contributed by atoms with E-state index < -0.39 is 21.4 Å². The first kappa shape index (κ1) is 25.4. The highest BCUT2D eigenvalue weighted by atomic mass is 32.2. The highest BCUT2D eigenvalue weighted by Crippen LogP contribution is 2.17. The number of rotatable bonds is 9. The van der Waals surface area contributed by atoms with Crippen LogP contribution in [0.5, 0.6) is 0 Å². The third-order valence-corrected chi connectivity index (χ3v) is 6.70. The standard InChI is InChI=1S/C26H30FN3O3S/c1-26(2,3)30-34(32,33)24-15-13-22(14-16-24)28-18-23(17-19-7-5-4-6-8-19)29-25(31)20-9-11-21(27)12-10-20/h4-16,23,28,30H,17-18H2,1-3H3,(H,29,31). The van der Waals surface area contributed by atoms with Crippen LogP contribution < -0.4 is 15.4 Å². The van der Waals surface area contributed by atoms with E-state index in [1.807, 2.05) is 30.3 Å². The Labute approximate surface area is 200 Å². The second-order valence-corrected chi connectivity index (χ2v) is 10.8. The molecule has 0 fully saturated rings. The van der Waals surface area contributed by atoms with Gasteiger partial charge in [0.15, 0.2) is 0 Å². The van der Waals surface area contributed by atoms with Crippen molar-refractivity contribution in [3.63, 3.8) is 0 Å². The van der Waals surface area contributed by atoms with Crippen LogP contribution in [0.25, 0.3) is 0 Å². The molecule has 0 saturated carbocycles. The van der Waals surface area contributed by atoms with Crippen LogP contribution in [-0.4, -0.2) is 32.5 Å². The number of carbonyl (C=O) groups is 1. The number of nitrogens with one attached hydrogen (secondary N) is 3. The maximum Gasteiger partial charge on any atom is 0.251 e. The fourth-order valence-corrected chi connectivity index (χ4v) is 4.82. The molecule has 0 spiro atoms. The fraction of sp³-hybridized carbons (Fsp3) is 0.269. The molecule has 1 atom stereocenters. The van der Waals surface area contributed by atoms with Gasteiger partial charge in [0.05, 0.1) is 10.9 Å². The van der Waals surface area contributed by atoms with Gasteiger partial charge in [-0.15, -0.1) is 0 Å². The summed E-state index contributed by atoms with van der Waals surface area (Å²) in [6, 6.07) is 21.4. The Hall–Kier alpha value is -3.23. The van der Waals surface area contributed by atoms with Gasteiger partial charge in [0.25, 0.3) is 5.91 Å². The Morgan fingerprint density at radius 2 is 1.53 bits per heavy atom. The summed E-state index contributed by atoms with van der Waals surface area (Å²) in [7, 11) is -3.62. The van der Waals surface area contributed by atoms with E-state index >= 15 is 0 Å². The lowest BCUT2D eigenvalue weighted by atomic mass is 10.0. The zero-order chi connectivity index (χ0) is 24.8. The molecule has 1 unspecified atom stereocenters. The van der Waals surface area contributed by atoms with Gasteiger partial charge >= 0.3 is 0 Å². The molecule has 180 valence electrons. The number of benzene rings is 3. The third kappa shape index (κ3) is 7.67. The predicted molar refractivity (Wildman–Crippen MR) is 133 cm³/mol. The molecule has 8 heteroatoms. The minimum Gasteiger partial charge on any atom is -0.383 e. The first-order chi connectivity index (χ1) is 16.0. The summed E-state index contributed by atoms with van der Waals surface area (Å²) in [6.07, 6.45) is 0.586. The van der Waals surface area contributed by atoms with Crippen LogP contribution in [0, 0.1) is 5.82 Å². The van der Waals surface area contributed by atoms with Gasteiger partial charge in [0.1, 0.15) is 5.82 Å². The average Bonchev–Trinajstić information content (AvgIpc) is 2.77. The average molecular weight is 484 g/mol. The van der Waals surface area contributed by atoms with Crippen LogP contribution in [0.3, 0.4) is 0 Å². The van der Waals surface area contributed by atoms with Crippen molar-refractivity contribution in [2.45, 2.75) is 43.7 Å². The predicted octanol–water partition coefficient (Wildman–Crippen LogP) is 4.36. The fourth-order valence-electron chi connectivity index (χ4n) is 3.40. The van der Waals surface area contributed by atoms with Gasteiger partial charge < -0.3 is 10.6 Å². The van der Waals surface area contributed by atoms with Crippen molar-refractivity contribution in [3.05, 3.63) is 95.8 Å². The molecule has 6 nitrogen and oxygen atoms in total. The van der Waals surface area contributed by atoms with E-state index in [1.165, 1.54) is 24.3 Å². The van der Waals surface area contributed by atoms with Gasteiger partial charge in [-0.3, -0.25) is 4.79 Å². The van der Waals surface area contributed by atoms with Crippen molar-refractivity contribution >= 4 is 21.6 Å². The first-order valence-electron chi connectivity index (χ1n) is 11.0. The Morgan fingerprint density at radius 1 is 0.912 bits per heavy atom. The normalized spacial score (nSPS) is 12.7. The minimum atomic E-state index is -3.62. The molecule has 0 aliphatic heterocycles. The summed E-state index contributed by atoms with van der Waals surface area (Å²) >= 11 is 0. The summed E-state index contributed by atoms with van der Waals surface area (Å²) in [4.78, 5) is 12.9. The first-order valence-corrected chi connectivity index (χ1v) is 12.5. The zero-order valence-corrected chi connectivity index (χ0v) is 20.3. The van der Waals surface area contributed by atoms with Crippen LogP contribution in [0.2, 0.25) is 0 Å². The molecule has 3 aromatic carbocycles. The molecule has 0 aliphatic carbocycles. The number of hydrogen-bond donors (Lipinski definition) is 3. The maximum atomic E-state index is 13.2. The lowest BCUT2D eigenvalue weighted by molar-refractivity contribution is 0.0939. The molecule has 0 radical (unpaired) electrons. The van der Waals surface area contributed by atoms with Gasteiger partial charge in [-0.25, -0.2) is 17.5 Å². The van der Waals surface area contributed by atoms with E-state index in [9.17, 15) is 17.6 Å². The Morgan fingerprint density at radius 3 is 2.12 bits per heavy atom. The lowest BCUT2D eigenvalue weighted by Crippen LogP contribution is -2.41. The highest BCUT2D eigenvalue weighted by molar-refractivity contribution is 7.89. The highest BCUT2D eigenvalue weighted by Gasteiger charge is 2.22. The number of anilines is 1. The van der Waals surface area contributed by atoms with Gasteiger partial charge in [0.2, 0.25) is 10.0 Å². The van der Waals surface area contributed by atoms with Gasteiger partial charge in [-0.05, 0) is 81.3 Å². The second kappa shape index (κ2) is 10.8. The van der Waals surface area contributed by atoms with Crippen LogP contribution in [0.15, 0.2) is 83.8 Å². The van der Waals surface area contributed by atoms with E-state index in [0.29, 0.717) is 18.5 Å². The lowest BCUT2D eigenvalue weighted by Gasteiger charge is -2.21. The molecule has 3 aromatic rings. The van der Waals surface area contributed by atoms with Crippen molar-refractivity contribution in [2.24, 2.45) is 0 Å². The van der Waals surface area contributed by atoms with E-state index in [2.05, 4.69) is 15.4 Å². The van der Waals surface area contributed by atoms with Crippen molar-refractivity contribution < 1.29 is 17.6 Å². The van der Waals surface area contributed by atoms with Crippen LogP contribution >= 0.6 is 0 Å². The van der Waals surface area contributed by atoms with Gasteiger partial charge in [0, 0.05) is 23.3 Å². The van der Waals surface area contributed by atoms with E-state index in [0.717, 1.165) is 11.3 Å². The molecular formula is C26H30FN3O3S. The van der Waals surface area contributed by atoms with Crippen LogP contribution in [0.1, 0.15) is 36.7 Å². The smallest absolute Gasteiger partial charge is 0.251 e. The zero-order valence-electron chi connectivity index (χ0n) is 19.5. The summed E-state index contributed by atoms with van der Waals surface area (Å²) in [5, 5.41) is 6.27. The van der Waals surface area contributed by atoms with Gasteiger partial charge in [-0.2, -0.15) is 0 Å². The number of halogens is 1. The molecule has 0 heterocycles. The van der Waals surface area contributed by atoms with E-state index in [-0.39, 0.29) is 16.8 Å². The maximum absolute atomic E-state index is 13.2. The minimum absolute atomic E-state index is 0.179. The van der Waals surface area contributed by atoms with Crippen molar-refractivity contribution in [2.75, 3.05) is 11.9 Å². The van der Waals surface area contributed by atoms with Crippen molar-refractivity contribution in [3.8, 4) is 0 Å². The molecule has 0 aliphatic rings. The Kier molecular flexibility index (Phi) is 8.06. The molecule has 34 heavy (non-hydrogen) atoms. The summed E-state index contributed by atoms with van der Waals surface area (Å²) in [5.74, 6) is -0.695. The Balaban J connectivity index is 1.69. The molecule has 0 saturated heterocycles. The third-order valence-electron chi connectivity index (χ3n) is 4.92. The van der Waals surface area contributed by atoms with Gasteiger partial charge in [-0.1, -0.05) is 30.3 Å². The summed E-state index contributed by atoms with van der Waals surface area (Å²) < 4.78 is 40.8. The van der Waals surface area contributed by atoms with Crippen LogP contribution in [-0.2, 0) is 16.4 Å². The van der Waals surface area contributed by atoms with Crippen LogP contribution in [0.4, 0.5) is 10.1 Å². The molecule has 0 bridgehead atoms. The van der Waals surface area contributed by atoms with E-state index in [4.69, 9.17) is 0 Å². The Bertz CT molecular complexity index is 1190. The molecule has 3 N–H and O–H groups in total. The molecule has 0 aromatic heterocycles. The molecule has 3 rings (SSSR count). The number of carbonyl (C=O) groups excluding carboxylic acids is 1. The second-order valence-electron chi connectivity index (χ2n) is 9.13. The number of amides is 1. The van der Waals surface area contributed by atoms with Crippen molar-refractivity contribution in [1.29, 1.82) is 0 Å². The van der Waals surface area contributed by atoms with E-state index in [1.54, 1.807) is 45.0 Å². The number of sulfonamides is 1. The quantitative estimate of drug-likeness (QED) is 0.422. The van der Waals surface area contributed by atoms with Crippen molar-refractivity contribution in [1.82, 2.24) is 10.0 Å². The summed E-state index contributed by atoms with van der Waals surface area (Å²) in [6.45, 7) is 5.77. The topological polar surface area (TPSA) is 87.3 Å². The summed E-state index contributed by atoms with van der Waals surface area (Å²) in [5.41, 5.74) is 1.58. The molecular weight excluding hydrogens is 453 g/mol. The largest absolute Gasteiger partial charge is 0.383 e. The molecule has 1 amide bonds. The SMILES string of the molecule is CC(C)(C)NS(=O)(=O)c1ccc(NCC(Cc2ccccc2)NC(=O)c2ccc(F)cc2)cc1. The monoisotopic (exact) mass is 483 g/mol. The number of hydrogen-bond acceptors (Lipinski definition) is 4.